The molecule has 2 aromatic rings. The van der Waals surface area contributed by atoms with Crippen molar-refractivity contribution in [1.29, 1.82) is 0 Å². The molecule has 1 N–H and O–H groups in total. The summed E-state index contributed by atoms with van der Waals surface area (Å²) in [4.78, 5) is 19.5. The van der Waals surface area contributed by atoms with Crippen molar-refractivity contribution in [2.45, 2.75) is 38.1 Å². The minimum absolute atomic E-state index is 0.00140. The number of aromatic nitrogens is 2. The Bertz CT molecular complexity index is 746. The molecule has 4 rings (SSSR count). The van der Waals surface area contributed by atoms with Crippen LogP contribution >= 0.6 is 0 Å². The zero-order chi connectivity index (χ0) is 17.2. The summed E-state index contributed by atoms with van der Waals surface area (Å²) in [6.07, 6.45) is 9.09. The molecule has 1 aromatic heterocycles. The number of para-hydroxylation sites is 1. The molecule has 2 aliphatic heterocycles. The van der Waals surface area contributed by atoms with Crippen LogP contribution in [0.2, 0.25) is 0 Å². The lowest BCUT2D eigenvalue weighted by molar-refractivity contribution is -0.122. The molecule has 1 amide bonds. The molecule has 0 spiro atoms. The smallest absolute Gasteiger partial charge is 0.241 e. The fourth-order valence-corrected chi connectivity index (χ4v) is 4.17. The molecule has 1 saturated heterocycles. The molecule has 0 bridgehead atoms. The summed E-state index contributed by atoms with van der Waals surface area (Å²) < 4.78 is 2.11. The molecule has 25 heavy (non-hydrogen) atoms. The van der Waals surface area contributed by atoms with Crippen LogP contribution in [0.1, 0.15) is 30.7 Å². The standard InChI is InChI=1S/C20H26N4O/c1-23-13-10-21-19(23)14-15-8-11-24(12-9-15)18-7-6-16-4-2-3-5-17(16)22-20(18)25/h2-5,10,13,15,18H,6-9,11-12,14H2,1H3,(H,22,25). The van der Waals surface area contributed by atoms with E-state index in [1.165, 1.54) is 11.4 Å². The highest BCUT2D eigenvalue weighted by molar-refractivity contribution is 5.96. The maximum Gasteiger partial charge on any atom is 0.241 e. The third kappa shape index (κ3) is 3.47. The monoisotopic (exact) mass is 338 g/mol. The van der Waals surface area contributed by atoms with Crippen molar-refractivity contribution >= 4 is 11.6 Å². The molecule has 3 heterocycles. The maximum absolute atomic E-state index is 12.7. The lowest BCUT2D eigenvalue weighted by Gasteiger charge is -2.36. The lowest BCUT2D eigenvalue weighted by Crippen LogP contribution is -2.47. The Hall–Kier alpha value is -2.14. The minimum Gasteiger partial charge on any atom is -0.338 e. The number of benzene rings is 1. The molecule has 2 aliphatic rings. The van der Waals surface area contributed by atoms with Gasteiger partial charge in [-0.25, -0.2) is 4.98 Å². The number of nitrogens with zero attached hydrogens (tertiary/aromatic N) is 3. The van der Waals surface area contributed by atoms with Crippen molar-refractivity contribution in [3.8, 4) is 0 Å². The van der Waals surface area contributed by atoms with E-state index in [-0.39, 0.29) is 11.9 Å². The Balaban J connectivity index is 1.36. The number of amides is 1. The van der Waals surface area contributed by atoms with Crippen LogP contribution in [-0.2, 0) is 24.7 Å². The average molecular weight is 338 g/mol. The maximum atomic E-state index is 12.7. The van der Waals surface area contributed by atoms with Crippen LogP contribution in [-0.4, -0.2) is 39.5 Å². The van der Waals surface area contributed by atoms with Crippen LogP contribution in [0.15, 0.2) is 36.7 Å². The van der Waals surface area contributed by atoms with E-state index in [0.29, 0.717) is 5.92 Å². The van der Waals surface area contributed by atoms with E-state index >= 15 is 0 Å². The van der Waals surface area contributed by atoms with Gasteiger partial charge in [-0.2, -0.15) is 0 Å². The summed E-state index contributed by atoms with van der Waals surface area (Å²) in [7, 11) is 2.06. The van der Waals surface area contributed by atoms with Gasteiger partial charge in [0.1, 0.15) is 5.82 Å². The van der Waals surface area contributed by atoms with Crippen LogP contribution in [0.3, 0.4) is 0 Å². The van der Waals surface area contributed by atoms with Crippen molar-refractivity contribution in [3.63, 3.8) is 0 Å². The van der Waals surface area contributed by atoms with Crippen molar-refractivity contribution in [1.82, 2.24) is 14.5 Å². The number of nitrogens with one attached hydrogen (secondary N) is 1. The number of anilines is 1. The van der Waals surface area contributed by atoms with Crippen molar-refractivity contribution < 1.29 is 4.79 Å². The first-order chi connectivity index (χ1) is 12.2. The number of aryl methyl sites for hydroxylation is 2. The SMILES string of the molecule is Cn1ccnc1CC1CCN(C2CCc3ccccc3NC2=O)CC1. The quantitative estimate of drug-likeness (QED) is 0.936. The van der Waals surface area contributed by atoms with Crippen LogP contribution < -0.4 is 5.32 Å². The molecule has 1 aromatic carbocycles. The average Bonchev–Trinajstić information content (AvgIpc) is 2.94. The van der Waals surface area contributed by atoms with Gasteiger partial charge in [-0.05, 0) is 56.3 Å². The molecule has 0 saturated carbocycles. The first-order valence-corrected chi connectivity index (χ1v) is 9.30. The van der Waals surface area contributed by atoms with E-state index in [4.69, 9.17) is 0 Å². The normalized spacial score (nSPS) is 22.3. The topological polar surface area (TPSA) is 50.2 Å². The Labute approximate surface area is 149 Å². The molecule has 5 heteroatoms. The molecule has 5 nitrogen and oxygen atoms in total. The van der Waals surface area contributed by atoms with Crippen LogP contribution in [0.4, 0.5) is 5.69 Å². The molecule has 0 aliphatic carbocycles. The molecule has 1 unspecified atom stereocenters. The summed E-state index contributed by atoms with van der Waals surface area (Å²) in [5.41, 5.74) is 2.24. The second kappa shape index (κ2) is 7.00. The third-order valence-electron chi connectivity index (χ3n) is 5.75. The second-order valence-corrected chi connectivity index (χ2v) is 7.34. The van der Waals surface area contributed by atoms with Crippen LogP contribution in [0.25, 0.3) is 0 Å². The summed E-state index contributed by atoms with van der Waals surface area (Å²) in [5, 5.41) is 3.13. The fraction of sp³-hybridized carbons (Fsp3) is 0.500. The molecule has 1 atom stereocenters. The van der Waals surface area contributed by atoms with Gasteiger partial charge in [0.2, 0.25) is 5.91 Å². The van der Waals surface area contributed by atoms with Gasteiger partial charge in [0.15, 0.2) is 0 Å². The van der Waals surface area contributed by atoms with Crippen molar-refractivity contribution in [2.24, 2.45) is 13.0 Å². The van der Waals surface area contributed by atoms with Gasteiger partial charge in [0.25, 0.3) is 0 Å². The van der Waals surface area contributed by atoms with Gasteiger partial charge in [-0.1, -0.05) is 18.2 Å². The number of fused-ring (bicyclic) bond motifs is 1. The number of hydrogen-bond donors (Lipinski definition) is 1. The molecular weight excluding hydrogens is 312 g/mol. The Morgan fingerprint density at radius 2 is 2.00 bits per heavy atom. The Morgan fingerprint density at radius 3 is 2.76 bits per heavy atom. The van der Waals surface area contributed by atoms with Crippen molar-refractivity contribution in [3.05, 3.63) is 48.0 Å². The van der Waals surface area contributed by atoms with E-state index in [0.717, 1.165) is 50.9 Å². The molecule has 1 fully saturated rings. The molecule has 132 valence electrons. The number of piperidine rings is 1. The van der Waals surface area contributed by atoms with Crippen LogP contribution in [0.5, 0.6) is 0 Å². The lowest BCUT2D eigenvalue weighted by atomic mass is 9.91. The predicted molar refractivity (Wildman–Crippen MR) is 98.4 cm³/mol. The van der Waals surface area contributed by atoms with E-state index in [1.807, 2.05) is 24.5 Å². The number of imidazole rings is 1. The van der Waals surface area contributed by atoms with E-state index in [2.05, 4.69) is 38.9 Å². The van der Waals surface area contributed by atoms with Gasteiger partial charge in [0, 0.05) is 31.5 Å². The highest BCUT2D eigenvalue weighted by Gasteiger charge is 2.31. The zero-order valence-corrected chi connectivity index (χ0v) is 14.8. The van der Waals surface area contributed by atoms with Gasteiger partial charge in [0.05, 0.1) is 6.04 Å². The number of likely N-dealkylation sites (tertiary alicyclic amines) is 1. The minimum atomic E-state index is 0.00140. The number of rotatable bonds is 3. The summed E-state index contributed by atoms with van der Waals surface area (Å²) >= 11 is 0. The Kier molecular flexibility index (Phi) is 4.57. The summed E-state index contributed by atoms with van der Waals surface area (Å²) in [6.45, 7) is 2.01. The number of hydrogen-bond acceptors (Lipinski definition) is 3. The fourth-order valence-electron chi connectivity index (χ4n) is 4.17. The van der Waals surface area contributed by atoms with Gasteiger partial charge >= 0.3 is 0 Å². The van der Waals surface area contributed by atoms with E-state index in [9.17, 15) is 4.79 Å². The summed E-state index contributed by atoms with van der Waals surface area (Å²) in [6, 6.07) is 8.17. The number of carbonyl (C=O) groups excluding carboxylic acids is 1. The van der Waals surface area contributed by atoms with E-state index in [1.54, 1.807) is 0 Å². The highest BCUT2D eigenvalue weighted by Crippen LogP contribution is 2.27. The zero-order valence-electron chi connectivity index (χ0n) is 14.8. The van der Waals surface area contributed by atoms with Gasteiger partial charge in [-0.3, -0.25) is 9.69 Å². The molecular formula is C20H26N4O. The predicted octanol–water partition coefficient (Wildman–Crippen LogP) is 2.63. The third-order valence-corrected chi connectivity index (χ3v) is 5.75. The van der Waals surface area contributed by atoms with Crippen molar-refractivity contribution in [2.75, 3.05) is 18.4 Å². The highest BCUT2D eigenvalue weighted by atomic mass is 16.2. The molecule has 0 radical (unpaired) electrons. The first-order valence-electron chi connectivity index (χ1n) is 9.30. The summed E-state index contributed by atoms with van der Waals surface area (Å²) in [5.74, 6) is 2.00. The van der Waals surface area contributed by atoms with E-state index < -0.39 is 0 Å². The second-order valence-electron chi connectivity index (χ2n) is 7.34. The van der Waals surface area contributed by atoms with Gasteiger partial charge in [-0.15, -0.1) is 0 Å². The number of carbonyl (C=O) groups is 1. The largest absolute Gasteiger partial charge is 0.338 e. The van der Waals surface area contributed by atoms with Gasteiger partial charge < -0.3 is 9.88 Å². The Morgan fingerprint density at radius 1 is 1.20 bits per heavy atom. The first kappa shape index (κ1) is 16.3. The van der Waals surface area contributed by atoms with Crippen LogP contribution in [0, 0.1) is 5.92 Å².